The van der Waals surface area contributed by atoms with Crippen LogP contribution in [0, 0.1) is 11.8 Å². The summed E-state index contributed by atoms with van der Waals surface area (Å²) >= 11 is 1.44. The van der Waals surface area contributed by atoms with E-state index in [2.05, 4.69) is 23.3 Å². The molecule has 0 bridgehead atoms. The molecule has 1 aromatic carbocycles. The fraction of sp³-hybridized carbons (Fsp3) is 0.500. The van der Waals surface area contributed by atoms with Crippen LogP contribution in [0.1, 0.15) is 44.6 Å². The molecule has 6 nitrogen and oxygen atoms in total. The third-order valence-corrected chi connectivity index (χ3v) is 6.54. The molecule has 2 aliphatic rings. The van der Waals surface area contributed by atoms with Crippen LogP contribution < -0.4 is 5.32 Å². The van der Waals surface area contributed by atoms with Gasteiger partial charge in [0.1, 0.15) is 0 Å². The molecule has 27 heavy (non-hydrogen) atoms. The summed E-state index contributed by atoms with van der Waals surface area (Å²) in [4.78, 5) is 43.0. The van der Waals surface area contributed by atoms with Gasteiger partial charge in [-0.1, -0.05) is 37.2 Å². The fourth-order valence-corrected chi connectivity index (χ4v) is 5.03. The maximum Gasteiger partial charge on any atom is 0.233 e. The number of imide groups is 1. The monoisotopic (exact) mass is 385 g/mol. The van der Waals surface area contributed by atoms with Gasteiger partial charge in [-0.05, 0) is 37.0 Å². The SMILES string of the molecule is CCc1ccc2nc(NC(=O)CCN3C(=O)[C@@H]4CCCC[C@H]4C3=O)sc2c1. The Morgan fingerprint density at radius 2 is 1.93 bits per heavy atom. The molecule has 0 spiro atoms. The molecule has 0 unspecified atom stereocenters. The van der Waals surface area contributed by atoms with E-state index in [-0.39, 0.29) is 42.5 Å². The van der Waals surface area contributed by atoms with Crippen LogP contribution in [0.2, 0.25) is 0 Å². The maximum absolute atomic E-state index is 12.5. The van der Waals surface area contributed by atoms with E-state index in [0.717, 1.165) is 42.3 Å². The van der Waals surface area contributed by atoms with Crippen molar-refractivity contribution in [1.82, 2.24) is 9.88 Å². The standard InChI is InChI=1S/C20H23N3O3S/c1-2-12-7-8-15-16(11-12)27-20(21-15)22-17(24)9-10-23-18(25)13-5-3-4-6-14(13)19(23)26/h7-8,11,13-14H,2-6,9-10H2,1H3,(H,21,22,24)/t13-,14-/m1/s1. The molecule has 2 atom stereocenters. The van der Waals surface area contributed by atoms with Gasteiger partial charge in [0, 0.05) is 13.0 Å². The number of carbonyl (C=O) groups excluding carboxylic acids is 3. The molecule has 1 N–H and O–H groups in total. The summed E-state index contributed by atoms with van der Waals surface area (Å²) in [6, 6.07) is 6.09. The molecule has 1 saturated carbocycles. The summed E-state index contributed by atoms with van der Waals surface area (Å²) in [5.74, 6) is -0.730. The fourth-order valence-electron chi connectivity index (χ4n) is 4.09. The summed E-state index contributed by atoms with van der Waals surface area (Å²) in [6.07, 6.45) is 4.66. The summed E-state index contributed by atoms with van der Waals surface area (Å²) in [5, 5.41) is 3.36. The van der Waals surface area contributed by atoms with Crippen molar-refractivity contribution in [3.8, 4) is 0 Å². The molecule has 2 fully saturated rings. The lowest BCUT2D eigenvalue weighted by atomic mass is 9.81. The van der Waals surface area contributed by atoms with E-state index in [0.29, 0.717) is 5.13 Å². The molecular weight excluding hydrogens is 362 g/mol. The van der Waals surface area contributed by atoms with Crippen LogP contribution in [0.5, 0.6) is 0 Å². The summed E-state index contributed by atoms with van der Waals surface area (Å²) in [6.45, 7) is 2.25. The number of nitrogens with one attached hydrogen (secondary N) is 1. The van der Waals surface area contributed by atoms with E-state index in [1.54, 1.807) is 0 Å². The quantitative estimate of drug-likeness (QED) is 0.801. The van der Waals surface area contributed by atoms with Crippen molar-refractivity contribution >= 4 is 44.4 Å². The molecule has 1 aliphatic heterocycles. The van der Waals surface area contributed by atoms with Gasteiger partial charge in [0.05, 0.1) is 22.1 Å². The number of likely N-dealkylation sites (tertiary alicyclic amines) is 1. The minimum atomic E-state index is -0.222. The van der Waals surface area contributed by atoms with Gasteiger partial charge in [-0.2, -0.15) is 0 Å². The minimum absolute atomic E-state index is 0.0930. The molecule has 1 aromatic heterocycles. The minimum Gasteiger partial charge on any atom is -0.302 e. The number of benzene rings is 1. The first kappa shape index (κ1) is 18.1. The van der Waals surface area contributed by atoms with Gasteiger partial charge in [0.15, 0.2) is 5.13 Å². The Morgan fingerprint density at radius 1 is 1.22 bits per heavy atom. The van der Waals surface area contributed by atoms with E-state index in [4.69, 9.17) is 0 Å². The number of thiazole rings is 1. The number of hydrogen-bond acceptors (Lipinski definition) is 5. The Bertz CT molecular complexity index is 883. The molecule has 2 aromatic rings. The summed E-state index contributed by atoms with van der Waals surface area (Å²) < 4.78 is 1.04. The third-order valence-electron chi connectivity index (χ3n) is 5.60. The van der Waals surface area contributed by atoms with Crippen molar-refractivity contribution in [3.05, 3.63) is 23.8 Å². The first-order valence-corrected chi connectivity index (χ1v) is 10.4. The largest absolute Gasteiger partial charge is 0.302 e. The second-order valence-corrected chi connectivity index (χ2v) is 8.33. The normalized spacial score (nSPS) is 22.3. The predicted molar refractivity (Wildman–Crippen MR) is 104 cm³/mol. The number of nitrogens with zero attached hydrogens (tertiary/aromatic N) is 2. The highest BCUT2D eigenvalue weighted by Gasteiger charge is 2.47. The number of anilines is 1. The molecule has 3 amide bonds. The van der Waals surface area contributed by atoms with Gasteiger partial charge >= 0.3 is 0 Å². The van der Waals surface area contributed by atoms with Crippen LogP contribution in [0.15, 0.2) is 18.2 Å². The number of carbonyl (C=O) groups is 3. The number of aryl methyl sites for hydroxylation is 1. The second-order valence-electron chi connectivity index (χ2n) is 7.30. The number of amides is 3. The van der Waals surface area contributed by atoms with Crippen LogP contribution >= 0.6 is 11.3 Å². The Kier molecular flexibility index (Phi) is 4.95. The molecule has 2 heterocycles. The van der Waals surface area contributed by atoms with Crippen molar-refractivity contribution in [1.29, 1.82) is 0 Å². The Labute approximate surface area is 161 Å². The van der Waals surface area contributed by atoms with Crippen LogP contribution in [0.4, 0.5) is 5.13 Å². The highest BCUT2D eigenvalue weighted by Crippen LogP contribution is 2.38. The zero-order chi connectivity index (χ0) is 19.0. The van der Waals surface area contributed by atoms with E-state index >= 15 is 0 Å². The number of rotatable bonds is 5. The predicted octanol–water partition coefficient (Wildman–Crippen LogP) is 3.36. The Morgan fingerprint density at radius 3 is 2.59 bits per heavy atom. The van der Waals surface area contributed by atoms with E-state index in [1.807, 2.05) is 12.1 Å². The Hall–Kier alpha value is -2.28. The highest BCUT2D eigenvalue weighted by molar-refractivity contribution is 7.22. The third kappa shape index (κ3) is 3.48. The van der Waals surface area contributed by atoms with Gasteiger partial charge in [-0.3, -0.25) is 19.3 Å². The average molecular weight is 385 g/mol. The smallest absolute Gasteiger partial charge is 0.233 e. The molecule has 142 valence electrons. The van der Waals surface area contributed by atoms with Crippen molar-refractivity contribution in [2.24, 2.45) is 11.8 Å². The van der Waals surface area contributed by atoms with Crippen LogP contribution in [0.25, 0.3) is 10.2 Å². The molecule has 4 rings (SSSR count). The topological polar surface area (TPSA) is 79.4 Å². The number of hydrogen-bond donors (Lipinski definition) is 1. The van der Waals surface area contributed by atoms with Gasteiger partial charge in [-0.15, -0.1) is 0 Å². The van der Waals surface area contributed by atoms with Crippen molar-refractivity contribution in [2.45, 2.75) is 45.4 Å². The average Bonchev–Trinajstić information content (AvgIpc) is 3.18. The zero-order valence-electron chi connectivity index (χ0n) is 15.4. The van der Waals surface area contributed by atoms with Crippen molar-refractivity contribution < 1.29 is 14.4 Å². The van der Waals surface area contributed by atoms with E-state index in [9.17, 15) is 14.4 Å². The maximum atomic E-state index is 12.5. The lowest BCUT2D eigenvalue weighted by Gasteiger charge is -2.19. The molecule has 7 heteroatoms. The molecule has 1 aliphatic carbocycles. The lowest BCUT2D eigenvalue weighted by molar-refractivity contribution is -0.140. The Balaban J connectivity index is 1.37. The van der Waals surface area contributed by atoms with Crippen LogP contribution in [-0.4, -0.2) is 34.2 Å². The first-order valence-electron chi connectivity index (χ1n) is 9.61. The number of aromatic nitrogens is 1. The molecular formula is C20H23N3O3S. The number of fused-ring (bicyclic) bond motifs is 2. The van der Waals surface area contributed by atoms with Crippen molar-refractivity contribution in [3.63, 3.8) is 0 Å². The highest BCUT2D eigenvalue weighted by atomic mass is 32.1. The van der Waals surface area contributed by atoms with Gasteiger partial charge in [-0.25, -0.2) is 4.98 Å². The summed E-state index contributed by atoms with van der Waals surface area (Å²) in [5.41, 5.74) is 2.10. The second kappa shape index (κ2) is 7.38. The van der Waals surface area contributed by atoms with Gasteiger partial charge < -0.3 is 5.32 Å². The summed E-state index contributed by atoms with van der Waals surface area (Å²) in [7, 11) is 0. The van der Waals surface area contributed by atoms with E-state index in [1.165, 1.54) is 21.8 Å². The lowest BCUT2D eigenvalue weighted by Crippen LogP contribution is -2.34. The zero-order valence-corrected chi connectivity index (χ0v) is 16.2. The first-order chi connectivity index (χ1) is 13.1. The molecule has 1 saturated heterocycles. The van der Waals surface area contributed by atoms with Crippen LogP contribution in [-0.2, 0) is 20.8 Å². The van der Waals surface area contributed by atoms with Crippen LogP contribution in [0.3, 0.4) is 0 Å². The molecule has 0 radical (unpaired) electrons. The van der Waals surface area contributed by atoms with Crippen molar-refractivity contribution in [2.75, 3.05) is 11.9 Å². The van der Waals surface area contributed by atoms with Gasteiger partial charge in [0.25, 0.3) is 0 Å². The van der Waals surface area contributed by atoms with E-state index < -0.39 is 0 Å². The van der Waals surface area contributed by atoms with Gasteiger partial charge in [0.2, 0.25) is 17.7 Å².